The van der Waals surface area contributed by atoms with Crippen molar-refractivity contribution in [1.82, 2.24) is 9.71 Å². The maximum atomic E-state index is 11.6. The SMILES string of the molecule is C=C(Cl)CNS(=O)(=O)c1ccnc(Cl)c1. The maximum Gasteiger partial charge on any atom is 0.241 e. The van der Waals surface area contributed by atoms with Crippen LogP contribution in [0.2, 0.25) is 5.15 Å². The van der Waals surface area contributed by atoms with Crippen molar-refractivity contribution in [3.8, 4) is 0 Å². The van der Waals surface area contributed by atoms with Crippen molar-refractivity contribution in [3.05, 3.63) is 35.1 Å². The predicted molar refractivity (Wildman–Crippen MR) is 59.4 cm³/mol. The first kappa shape index (κ1) is 12.4. The predicted octanol–water partition coefficient (Wildman–Crippen LogP) is 1.77. The first-order valence-corrected chi connectivity index (χ1v) is 6.10. The molecule has 0 spiro atoms. The zero-order valence-corrected chi connectivity index (χ0v) is 9.90. The molecular formula is C8H8Cl2N2O2S. The molecule has 0 radical (unpaired) electrons. The molecule has 0 aromatic carbocycles. The summed E-state index contributed by atoms with van der Waals surface area (Å²) in [4.78, 5) is 3.72. The smallest absolute Gasteiger partial charge is 0.241 e. The molecule has 0 unspecified atom stereocenters. The van der Waals surface area contributed by atoms with Crippen molar-refractivity contribution < 1.29 is 8.42 Å². The minimum absolute atomic E-state index is 0.0240. The van der Waals surface area contributed by atoms with Gasteiger partial charge in [-0.15, -0.1) is 0 Å². The Morgan fingerprint density at radius 1 is 1.60 bits per heavy atom. The Hall–Kier alpha value is -0.620. The zero-order valence-electron chi connectivity index (χ0n) is 7.57. The lowest BCUT2D eigenvalue weighted by atomic mass is 10.5. The Balaban J connectivity index is 2.91. The van der Waals surface area contributed by atoms with Crippen LogP contribution in [-0.2, 0) is 10.0 Å². The monoisotopic (exact) mass is 266 g/mol. The Bertz CT molecular complexity index is 473. The van der Waals surface area contributed by atoms with Crippen molar-refractivity contribution in [1.29, 1.82) is 0 Å². The van der Waals surface area contributed by atoms with Crippen LogP contribution < -0.4 is 4.72 Å². The highest BCUT2D eigenvalue weighted by molar-refractivity contribution is 7.89. The summed E-state index contributed by atoms with van der Waals surface area (Å²) < 4.78 is 25.4. The highest BCUT2D eigenvalue weighted by atomic mass is 35.5. The van der Waals surface area contributed by atoms with Gasteiger partial charge in [0.25, 0.3) is 0 Å². The number of halogens is 2. The topological polar surface area (TPSA) is 59.1 Å². The lowest BCUT2D eigenvalue weighted by Crippen LogP contribution is -2.24. The second kappa shape index (κ2) is 4.94. The molecule has 0 saturated carbocycles. The highest BCUT2D eigenvalue weighted by Crippen LogP contribution is 2.12. The summed E-state index contributed by atoms with van der Waals surface area (Å²) >= 11 is 11.0. The quantitative estimate of drug-likeness (QED) is 0.846. The number of pyridine rings is 1. The number of hydrogen-bond acceptors (Lipinski definition) is 3. The summed E-state index contributed by atoms with van der Waals surface area (Å²) in [6.07, 6.45) is 1.31. The summed E-state index contributed by atoms with van der Waals surface area (Å²) in [6, 6.07) is 2.59. The van der Waals surface area contributed by atoms with E-state index < -0.39 is 10.0 Å². The van der Waals surface area contributed by atoms with Gasteiger partial charge in [0.15, 0.2) is 0 Å². The first-order chi connectivity index (χ1) is 6.92. The van der Waals surface area contributed by atoms with Crippen LogP contribution in [0.4, 0.5) is 0 Å². The molecule has 4 nitrogen and oxygen atoms in total. The van der Waals surface area contributed by atoms with Crippen LogP contribution in [0.15, 0.2) is 34.8 Å². The van der Waals surface area contributed by atoms with E-state index in [1.807, 2.05) is 0 Å². The van der Waals surface area contributed by atoms with Gasteiger partial charge in [-0.1, -0.05) is 29.8 Å². The third-order valence-electron chi connectivity index (χ3n) is 1.46. The van der Waals surface area contributed by atoms with Crippen LogP contribution in [0.3, 0.4) is 0 Å². The molecule has 1 rings (SSSR count). The number of aromatic nitrogens is 1. The summed E-state index contributed by atoms with van der Waals surface area (Å²) in [5, 5.41) is 0.321. The lowest BCUT2D eigenvalue weighted by Gasteiger charge is -2.05. The van der Waals surface area contributed by atoms with E-state index in [0.29, 0.717) is 0 Å². The molecule has 7 heteroatoms. The second-order valence-electron chi connectivity index (χ2n) is 2.66. The molecule has 0 fully saturated rings. The van der Waals surface area contributed by atoms with Gasteiger partial charge in [-0.2, -0.15) is 0 Å². The van der Waals surface area contributed by atoms with E-state index in [0.717, 1.165) is 0 Å². The summed E-state index contributed by atoms with van der Waals surface area (Å²) in [7, 11) is -3.60. The summed E-state index contributed by atoms with van der Waals surface area (Å²) in [5.41, 5.74) is 0. The first-order valence-electron chi connectivity index (χ1n) is 3.86. The molecule has 0 aliphatic carbocycles. The fourth-order valence-electron chi connectivity index (χ4n) is 0.809. The second-order valence-corrected chi connectivity index (χ2v) is 5.34. The van der Waals surface area contributed by atoms with Crippen LogP contribution in [0.5, 0.6) is 0 Å². The molecule has 0 bridgehead atoms. The molecule has 1 aromatic heterocycles. The molecular weight excluding hydrogens is 259 g/mol. The highest BCUT2D eigenvalue weighted by Gasteiger charge is 2.13. The van der Waals surface area contributed by atoms with Crippen molar-refractivity contribution in [2.45, 2.75) is 4.90 Å². The van der Waals surface area contributed by atoms with E-state index in [1.54, 1.807) is 0 Å². The van der Waals surface area contributed by atoms with Crippen molar-refractivity contribution in [2.24, 2.45) is 0 Å². The van der Waals surface area contributed by atoms with Crippen LogP contribution >= 0.6 is 23.2 Å². The number of nitrogens with zero attached hydrogens (tertiary/aromatic N) is 1. The molecule has 1 heterocycles. The molecule has 0 aliphatic heterocycles. The van der Waals surface area contributed by atoms with E-state index in [9.17, 15) is 8.42 Å². The van der Waals surface area contributed by atoms with E-state index >= 15 is 0 Å². The van der Waals surface area contributed by atoms with Gasteiger partial charge < -0.3 is 0 Å². The van der Waals surface area contributed by atoms with Crippen molar-refractivity contribution in [2.75, 3.05) is 6.54 Å². The maximum absolute atomic E-state index is 11.6. The van der Waals surface area contributed by atoms with Gasteiger partial charge in [-0.05, 0) is 12.1 Å². The minimum atomic E-state index is -3.60. The minimum Gasteiger partial charge on any atom is -0.244 e. The Labute approximate surface area is 98.0 Å². The fourth-order valence-corrected chi connectivity index (χ4v) is 2.23. The van der Waals surface area contributed by atoms with Gasteiger partial charge >= 0.3 is 0 Å². The number of nitrogens with one attached hydrogen (secondary N) is 1. The third-order valence-corrected chi connectivity index (χ3v) is 3.20. The van der Waals surface area contributed by atoms with Gasteiger partial charge in [-0.3, -0.25) is 0 Å². The number of rotatable bonds is 4. The Morgan fingerprint density at radius 2 is 2.27 bits per heavy atom. The van der Waals surface area contributed by atoms with Crippen LogP contribution in [0.1, 0.15) is 0 Å². The van der Waals surface area contributed by atoms with Gasteiger partial charge in [0.1, 0.15) is 5.15 Å². The molecule has 1 N–H and O–H groups in total. The number of sulfonamides is 1. The van der Waals surface area contributed by atoms with E-state index in [1.165, 1.54) is 18.3 Å². The molecule has 0 saturated heterocycles. The molecule has 1 aromatic rings. The van der Waals surface area contributed by atoms with Gasteiger partial charge in [0, 0.05) is 17.8 Å². The molecule has 0 aliphatic rings. The Morgan fingerprint density at radius 3 is 2.80 bits per heavy atom. The van der Waals surface area contributed by atoms with Crippen molar-refractivity contribution in [3.63, 3.8) is 0 Å². The fraction of sp³-hybridized carbons (Fsp3) is 0.125. The Kier molecular flexibility index (Phi) is 4.10. The average Bonchev–Trinajstić information content (AvgIpc) is 2.15. The number of hydrogen-bond donors (Lipinski definition) is 1. The third kappa shape index (κ3) is 3.79. The largest absolute Gasteiger partial charge is 0.244 e. The zero-order chi connectivity index (χ0) is 11.5. The summed E-state index contributed by atoms with van der Waals surface area (Å²) in [6.45, 7) is 3.35. The average molecular weight is 267 g/mol. The van der Waals surface area contributed by atoms with E-state index in [-0.39, 0.29) is 21.6 Å². The standard InChI is InChI=1S/C8H8Cl2N2O2S/c1-6(9)5-12-15(13,14)7-2-3-11-8(10)4-7/h2-4,12H,1,5H2. The normalized spacial score (nSPS) is 11.3. The lowest BCUT2D eigenvalue weighted by molar-refractivity contribution is 0.585. The van der Waals surface area contributed by atoms with Gasteiger partial charge in [-0.25, -0.2) is 18.1 Å². The molecule has 15 heavy (non-hydrogen) atoms. The van der Waals surface area contributed by atoms with Crippen LogP contribution in [-0.4, -0.2) is 19.9 Å². The van der Waals surface area contributed by atoms with E-state index in [4.69, 9.17) is 23.2 Å². The molecule has 82 valence electrons. The van der Waals surface area contributed by atoms with Gasteiger partial charge in [0.2, 0.25) is 10.0 Å². The van der Waals surface area contributed by atoms with Gasteiger partial charge in [0.05, 0.1) is 4.90 Å². The van der Waals surface area contributed by atoms with Crippen LogP contribution in [0.25, 0.3) is 0 Å². The molecule has 0 atom stereocenters. The van der Waals surface area contributed by atoms with Crippen molar-refractivity contribution >= 4 is 33.2 Å². The van der Waals surface area contributed by atoms with Crippen LogP contribution in [0, 0.1) is 0 Å². The molecule has 0 amide bonds. The van der Waals surface area contributed by atoms with E-state index in [2.05, 4.69) is 16.3 Å². The summed E-state index contributed by atoms with van der Waals surface area (Å²) in [5.74, 6) is 0.